The average molecular weight is 183 g/mol. The monoisotopic (exact) mass is 183 g/mol. The van der Waals surface area contributed by atoms with Gasteiger partial charge in [0.2, 0.25) is 0 Å². The molecular formula is C8H13N3S. The Morgan fingerprint density at radius 3 is 3.25 bits per heavy atom. The highest BCUT2D eigenvalue weighted by Gasteiger charge is 2.20. The van der Waals surface area contributed by atoms with Gasteiger partial charge >= 0.3 is 0 Å². The van der Waals surface area contributed by atoms with Gasteiger partial charge in [0.15, 0.2) is 0 Å². The topological polar surface area (TPSA) is 42.1 Å². The molecule has 1 aromatic rings. The lowest BCUT2D eigenvalue weighted by Crippen LogP contribution is -2.20. The highest BCUT2D eigenvalue weighted by Crippen LogP contribution is 2.24. The minimum atomic E-state index is 0.789. The van der Waals surface area contributed by atoms with Crippen LogP contribution >= 0.6 is 11.3 Å². The molecule has 4 heteroatoms. The Hall–Kier alpha value is -0.450. The molecule has 12 heavy (non-hydrogen) atoms. The van der Waals surface area contributed by atoms with Gasteiger partial charge < -0.3 is 5.73 Å². The molecule has 0 amide bonds. The molecule has 0 spiro atoms. The highest BCUT2D eigenvalue weighted by molar-refractivity contribution is 7.09. The second-order valence-electron chi connectivity index (χ2n) is 3.08. The van der Waals surface area contributed by atoms with E-state index >= 15 is 0 Å². The third-order valence-corrected chi connectivity index (χ3v) is 3.00. The Morgan fingerprint density at radius 1 is 1.58 bits per heavy atom. The molecule has 0 fully saturated rings. The number of hydrogen-bond donors (Lipinski definition) is 1. The van der Waals surface area contributed by atoms with Crippen LogP contribution in [0.5, 0.6) is 0 Å². The van der Waals surface area contributed by atoms with E-state index in [4.69, 9.17) is 5.73 Å². The molecule has 1 aromatic heterocycles. The summed E-state index contributed by atoms with van der Waals surface area (Å²) in [4.78, 5) is 8.14. The lowest BCUT2D eigenvalue weighted by Gasteiger charge is -2.12. The van der Waals surface area contributed by atoms with E-state index in [1.54, 1.807) is 11.3 Å². The van der Waals surface area contributed by atoms with Crippen LogP contribution in [0, 0.1) is 0 Å². The van der Waals surface area contributed by atoms with E-state index in [0.717, 1.165) is 32.6 Å². The summed E-state index contributed by atoms with van der Waals surface area (Å²) in [6, 6.07) is 0. The maximum absolute atomic E-state index is 5.45. The largest absolute Gasteiger partial charge is 0.330 e. The van der Waals surface area contributed by atoms with E-state index in [2.05, 4.69) is 9.88 Å². The second kappa shape index (κ2) is 3.51. The highest BCUT2D eigenvalue weighted by atomic mass is 32.1. The van der Waals surface area contributed by atoms with Crippen molar-refractivity contribution in [2.45, 2.75) is 19.5 Å². The molecule has 2 N–H and O–H groups in total. The van der Waals surface area contributed by atoms with Gasteiger partial charge in [-0.3, -0.25) is 4.90 Å². The maximum atomic E-state index is 5.45. The van der Waals surface area contributed by atoms with Crippen molar-refractivity contribution in [1.82, 2.24) is 9.88 Å². The van der Waals surface area contributed by atoms with Gasteiger partial charge in [-0.1, -0.05) is 0 Å². The first-order valence-corrected chi connectivity index (χ1v) is 5.12. The van der Waals surface area contributed by atoms with Gasteiger partial charge in [0.25, 0.3) is 0 Å². The molecule has 66 valence electrons. The van der Waals surface area contributed by atoms with Crippen molar-refractivity contribution in [3.8, 4) is 0 Å². The quantitative estimate of drug-likeness (QED) is 0.754. The summed E-state index contributed by atoms with van der Waals surface area (Å²) in [5.41, 5.74) is 8.66. The summed E-state index contributed by atoms with van der Waals surface area (Å²) < 4.78 is 0. The minimum absolute atomic E-state index is 0.789. The fourth-order valence-electron chi connectivity index (χ4n) is 1.49. The van der Waals surface area contributed by atoms with Gasteiger partial charge in [-0.25, -0.2) is 4.98 Å². The zero-order valence-electron chi connectivity index (χ0n) is 6.99. The molecule has 2 heterocycles. The van der Waals surface area contributed by atoms with Crippen molar-refractivity contribution >= 4 is 11.3 Å². The second-order valence-corrected chi connectivity index (χ2v) is 4.01. The van der Waals surface area contributed by atoms with Gasteiger partial charge in [-0.2, -0.15) is 0 Å². The predicted molar refractivity (Wildman–Crippen MR) is 49.9 cm³/mol. The van der Waals surface area contributed by atoms with Gasteiger partial charge in [0.1, 0.15) is 0 Å². The molecule has 0 radical (unpaired) electrons. The zero-order chi connectivity index (χ0) is 8.39. The van der Waals surface area contributed by atoms with Crippen LogP contribution in [0.2, 0.25) is 0 Å². The SMILES string of the molecule is NCCCN1Cc2ncsc2C1. The molecule has 0 saturated heterocycles. The smallest absolute Gasteiger partial charge is 0.0798 e. The number of rotatable bonds is 3. The third kappa shape index (κ3) is 1.50. The van der Waals surface area contributed by atoms with Gasteiger partial charge in [-0.15, -0.1) is 11.3 Å². The summed E-state index contributed by atoms with van der Waals surface area (Å²) >= 11 is 1.77. The number of nitrogens with two attached hydrogens (primary N) is 1. The van der Waals surface area contributed by atoms with Crippen molar-refractivity contribution in [1.29, 1.82) is 0 Å². The minimum Gasteiger partial charge on any atom is -0.330 e. The van der Waals surface area contributed by atoms with Crippen molar-refractivity contribution in [3.05, 3.63) is 16.1 Å². The number of fused-ring (bicyclic) bond motifs is 1. The summed E-state index contributed by atoms with van der Waals surface area (Å²) in [7, 11) is 0. The summed E-state index contributed by atoms with van der Waals surface area (Å²) in [5.74, 6) is 0. The van der Waals surface area contributed by atoms with Crippen molar-refractivity contribution in [3.63, 3.8) is 0 Å². The first kappa shape index (κ1) is 8.16. The Labute approximate surface area is 76.2 Å². The van der Waals surface area contributed by atoms with Crippen LogP contribution in [-0.2, 0) is 13.1 Å². The summed E-state index contributed by atoms with van der Waals surface area (Å²) in [5, 5.41) is 0. The molecule has 2 rings (SSSR count). The first-order valence-electron chi connectivity index (χ1n) is 4.24. The number of hydrogen-bond acceptors (Lipinski definition) is 4. The van der Waals surface area contributed by atoms with Crippen LogP contribution in [0.15, 0.2) is 5.51 Å². The molecule has 0 saturated carbocycles. The number of thiazole rings is 1. The Bertz CT molecular complexity index is 238. The Morgan fingerprint density at radius 2 is 2.50 bits per heavy atom. The van der Waals surface area contributed by atoms with Gasteiger partial charge in [-0.05, 0) is 13.0 Å². The molecule has 0 bridgehead atoms. The van der Waals surface area contributed by atoms with Crippen LogP contribution in [-0.4, -0.2) is 23.0 Å². The molecule has 1 aliphatic heterocycles. The van der Waals surface area contributed by atoms with Crippen LogP contribution in [0.25, 0.3) is 0 Å². The first-order chi connectivity index (χ1) is 5.90. The molecule has 0 atom stereocenters. The summed E-state index contributed by atoms with van der Waals surface area (Å²) in [6.07, 6.45) is 1.09. The van der Waals surface area contributed by atoms with E-state index in [0.29, 0.717) is 0 Å². The van der Waals surface area contributed by atoms with Crippen LogP contribution in [0.4, 0.5) is 0 Å². The lowest BCUT2D eigenvalue weighted by molar-refractivity contribution is 0.281. The van der Waals surface area contributed by atoms with E-state index in [1.807, 2.05) is 5.51 Å². The lowest BCUT2D eigenvalue weighted by atomic mass is 10.4. The van der Waals surface area contributed by atoms with Crippen LogP contribution < -0.4 is 5.73 Å². The van der Waals surface area contributed by atoms with E-state index in [-0.39, 0.29) is 0 Å². The standard InChI is InChI=1S/C8H13N3S/c9-2-1-3-11-4-7-8(5-11)12-6-10-7/h6H,1-5,9H2. The Kier molecular flexibility index (Phi) is 2.39. The molecule has 3 nitrogen and oxygen atoms in total. The molecule has 0 aromatic carbocycles. The number of aromatic nitrogens is 1. The van der Waals surface area contributed by atoms with E-state index in [1.165, 1.54) is 10.6 Å². The molecule has 0 aliphatic carbocycles. The zero-order valence-corrected chi connectivity index (χ0v) is 7.81. The predicted octanol–water partition coefficient (Wildman–Crippen LogP) is 0.807. The third-order valence-electron chi connectivity index (χ3n) is 2.14. The van der Waals surface area contributed by atoms with Crippen molar-refractivity contribution in [2.24, 2.45) is 5.73 Å². The molecular weight excluding hydrogens is 170 g/mol. The Balaban J connectivity index is 1.90. The van der Waals surface area contributed by atoms with Gasteiger partial charge in [0, 0.05) is 24.5 Å². The molecule has 0 unspecified atom stereocenters. The fraction of sp³-hybridized carbons (Fsp3) is 0.625. The van der Waals surface area contributed by atoms with Crippen molar-refractivity contribution < 1.29 is 0 Å². The van der Waals surface area contributed by atoms with Gasteiger partial charge in [0.05, 0.1) is 11.2 Å². The van der Waals surface area contributed by atoms with Crippen LogP contribution in [0.1, 0.15) is 17.0 Å². The maximum Gasteiger partial charge on any atom is 0.0798 e. The van der Waals surface area contributed by atoms with E-state index < -0.39 is 0 Å². The fourth-order valence-corrected chi connectivity index (χ4v) is 2.31. The van der Waals surface area contributed by atoms with E-state index in [9.17, 15) is 0 Å². The molecule has 1 aliphatic rings. The number of nitrogens with zero attached hydrogens (tertiary/aromatic N) is 2. The normalized spacial score (nSPS) is 16.8. The summed E-state index contributed by atoms with van der Waals surface area (Å²) in [6.45, 7) is 4.01. The average Bonchev–Trinajstić information content (AvgIpc) is 2.58. The van der Waals surface area contributed by atoms with Crippen molar-refractivity contribution in [2.75, 3.05) is 13.1 Å². The van der Waals surface area contributed by atoms with Crippen LogP contribution in [0.3, 0.4) is 0 Å².